The number of esters is 1. The van der Waals surface area contributed by atoms with E-state index in [2.05, 4.69) is 24.3 Å². The highest BCUT2D eigenvalue weighted by atomic mass is 16.7. The van der Waals surface area contributed by atoms with Gasteiger partial charge in [-0.15, -0.1) is 0 Å². The standard InChI is InChI=1S/C21H22O4/c1-23-19(22)21-12-13-24-20(21)25-18(16-10-6-3-7-11-16)14-17(21)15-8-4-2-5-9-15/h2-11,17-18,20H,12-14H2,1H3/t17-,18-,20+,21-/m1/s1. The highest BCUT2D eigenvalue weighted by molar-refractivity contribution is 5.79. The van der Waals surface area contributed by atoms with Crippen LogP contribution in [0.5, 0.6) is 0 Å². The fourth-order valence-electron chi connectivity index (χ4n) is 4.26. The van der Waals surface area contributed by atoms with Crippen molar-refractivity contribution in [1.29, 1.82) is 0 Å². The van der Waals surface area contributed by atoms with Crippen LogP contribution in [0.25, 0.3) is 0 Å². The predicted octanol–water partition coefficient (Wildman–Crippen LogP) is 3.84. The Morgan fingerprint density at radius 1 is 1.04 bits per heavy atom. The number of hydrogen-bond donors (Lipinski definition) is 0. The molecule has 130 valence electrons. The van der Waals surface area contributed by atoms with E-state index < -0.39 is 11.7 Å². The Balaban J connectivity index is 1.78. The lowest BCUT2D eigenvalue weighted by Gasteiger charge is -2.45. The van der Waals surface area contributed by atoms with Gasteiger partial charge in [0.1, 0.15) is 5.41 Å². The van der Waals surface area contributed by atoms with Crippen molar-refractivity contribution in [1.82, 2.24) is 0 Å². The molecule has 2 aromatic rings. The first kappa shape index (κ1) is 16.3. The number of carbonyl (C=O) groups is 1. The summed E-state index contributed by atoms with van der Waals surface area (Å²) in [5.41, 5.74) is 1.46. The third-order valence-electron chi connectivity index (χ3n) is 5.50. The normalized spacial score (nSPS) is 31.3. The molecule has 0 bridgehead atoms. The molecule has 4 heteroatoms. The molecule has 2 aliphatic rings. The zero-order valence-corrected chi connectivity index (χ0v) is 14.3. The van der Waals surface area contributed by atoms with Gasteiger partial charge in [0.2, 0.25) is 0 Å². The van der Waals surface area contributed by atoms with Gasteiger partial charge in [-0.2, -0.15) is 0 Å². The van der Waals surface area contributed by atoms with Gasteiger partial charge in [0.15, 0.2) is 6.29 Å². The zero-order chi connectivity index (χ0) is 17.3. The molecule has 0 saturated carbocycles. The fraction of sp³-hybridized carbons (Fsp3) is 0.381. The van der Waals surface area contributed by atoms with Crippen molar-refractivity contribution in [3.05, 3.63) is 71.8 Å². The molecule has 2 aromatic carbocycles. The molecular weight excluding hydrogens is 316 g/mol. The summed E-state index contributed by atoms with van der Waals surface area (Å²) in [7, 11) is 1.44. The Labute approximate surface area is 147 Å². The largest absolute Gasteiger partial charge is 0.468 e. The number of hydrogen-bond acceptors (Lipinski definition) is 4. The third kappa shape index (κ3) is 2.66. The fourth-order valence-corrected chi connectivity index (χ4v) is 4.26. The molecule has 0 N–H and O–H groups in total. The molecule has 0 aromatic heterocycles. The number of carbonyl (C=O) groups excluding carboxylic acids is 1. The van der Waals surface area contributed by atoms with Crippen molar-refractivity contribution in [2.24, 2.45) is 5.41 Å². The van der Waals surface area contributed by atoms with Crippen LogP contribution in [-0.2, 0) is 19.0 Å². The summed E-state index contributed by atoms with van der Waals surface area (Å²) in [5, 5.41) is 0. The van der Waals surface area contributed by atoms with E-state index in [9.17, 15) is 4.79 Å². The molecule has 2 aliphatic heterocycles. The summed E-state index contributed by atoms with van der Waals surface area (Å²) >= 11 is 0. The minimum Gasteiger partial charge on any atom is -0.468 e. The van der Waals surface area contributed by atoms with Gasteiger partial charge in [0, 0.05) is 5.92 Å². The molecule has 4 nitrogen and oxygen atoms in total. The van der Waals surface area contributed by atoms with Gasteiger partial charge in [-0.1, -0.05) is 60.7 Å². The van der Waals surface area contributed by atoms with Crippen LogP contribution in [0.4, 0.5) is 0 Å². The van der Waals surface area contributed by atoms with Crippen molar-refractivity contribution in [2.75, 3.05) is 13.7 Å². The molecule has 0 spiro atoms. The average molecular weight is 338 g/mol. The van der Waals surface area contributed by atoms with E-state index in [0.717, 1.165) is 17.5 Å². The molecule has 2 heterocycles. The van der Waals surface area contributed by atoms with Gasteiger partial charge < -0.3 is 14.2 Å². The van der Waals surface area contributed by atoms with Crippen LogP contribution in [0.1, 0.15) is 36.0 Å². The highest BCUT2D eigenvalue weighted by Gasteiger charge is 2.61. The minimum absolute atomic E-state index is 0.00685. The van der Waals surface area contributed by atoms with Crippen LogP contribution >= 0.6 is 0 Å². The Morgan fingerprint density at radius 3 is 2.32 bits per heavy atom. The molecule has 0 unspecified atom stereocenters. The van der Waals surface area contributed by atoms with Gasteiger partial charge in [-0.25, -0.2) is 0 Å². The monoisotopic (exact) mass is 338 g/mol. The van der Waals surface area contributed by atoms with E-state index in [4.69, 9.17) is 14.2 Å². The van der Waals surface area contributed by atoms with Crippen molar-refractivity contribution in [3.8, 4) is 0 Å². The maximum Gasteiger partial charge on any atom is 0.317 e. The number of fused-ring (bicyclic) bond motifs is 1. The van der Waals surface area contributed by atoms with E-state index in [1.165, 1.54) is 7.11 Å². The van der Waals surface area contributed by atoms with E-state index in [1.807, 2.05) is 36.4 Å². The van der Waals surface area contributed by atoms with Crippen LogP contribution in [0.3, 0.4) is 0 Å². The maximum atomic E-state index is 12.8. The second-order valence-corrected chi connectivity index (χ2v) is 6.72. The van der Waals surface area contributed by atoms with Crippen molar-refractivity contribution >= 4 is 5.97 Å². The maximum absolute atomic E-state index is 12.8. The molecule has 0 amide bonds. The quantitative estimate of drug-likeness (QED) is 0.798. The van der Waals surface area contributed by atoms with E-state index in [-0.39, 0.29) is 18.0 Å². The van der Waals surface area contributed by atoms with Gasteiger partial charge >= 0.3 is 5.97 Å². The molecule has 2 fully saturated rings. The zero-order valence-electron chi connectivity index (χ0n) is 14.3. The lowest BCUT2D eigenvalue weighted by Crippen LogP contribution is -2.50. The summed E-state index contributed by atoms with van der Waals surface area (Å²) in [6.45, 7) is 0.505. The molecule has 4 atom stereocenters. The van der Waals surface area contributed by atoms with E-state index in [0.29, 0.717) is 13.0 Å². The van der Waals surface area contributed by atoms with Crippen LogP contribution in [0, 0.1) is 5.41 Å². The summed E-state index contributed by atoms with van der Waals surface area (Å²) < 4.78 is 17.3. The van der Waals surface area contributed by atoms with Gasteiger partial charge in [0.05, 0.1) is 19.8 Å². The van der Waals surface area contributed by atoms with Crippen LogP contribution in [0.15, 0.2) is 60.7 Å². The smallest absolute Gasteiger partial charge is 0.317 e. The van der Waals surface area contributed by atoms with Gasteiger partial charge in [0.25, 0.3) is 0 Å². The number of ether oxygens (including phenoxy) is 3. The number of benzene rings is 2. The first-order valence-corrected chi connectivity index (χ1v) is 8.71. The van der Waals surface area contributed by atoms with Crippen molar-refractivity contribution in [2.45, 2.75) is 31.2 Å². The molecular formula is C21H22O4. The Bertz CT molecular complexity index is 730. The third-order valence-corrected chi connectivity index (χ3v) is 5.50. The first-order chi connectivity index (χ1) is 12.3. The summed E-state index contributed by atoms with van der Waals surface area (Å²) in [6, 6.07) is 20.3. The SMILES string of the molecule is COC(=O)[C@]12CCO[C@H]1O[C@@H](c1ccccc1)C[C@@H]2c1ccccc1. The minimum atomic E-state index is -0.776. The first-order valence-electron chi connectivity index (χ1n) is 8.71. The average Bonchev–Trinajstić information content (AvgIpc) is 3.13. The lowest BCUT2D eigenvalue weighted by molar-refractivity contribution is -0.233. The molecule has 0 radical (unpaired) electrons. The topological polar surface area (TPSA) is 44.8 Å². The molecule has 0 aliphatic carbocycles. The van der Waals surface area contributed by atoms with Crippen molar-refractivity contribution in [3.63, 3.8) is 0 Å². The Morgan fingerprint density at radius 2 is 1.68 bits per heavy atom. The van der Waals surface area contributed by atoms with Crippen LogP contribution < -0.4 is 0 Å². The summed E-state index contributed by atoms with van der Waals surface area (Å²) in [4.78, 5) is 12.8. The van der Waals surface area contributed by atoms with E-state index in [1.54, 1.807) is 0 Å². The number of methoxy groups -OCH3 is 1. The predicted molar refractivity (Wildman–Crippen MR) is 92.9 cm³/mol. The second kappa shape index (κ2) is 6.62. The van der Waals surface area contributed by atoms with E-state index >= 15 is 0 Å². The van der Waals surface area contributed by atoms with Crippen molar-refractivity contribution < 1.29 is 19.0 Å². The van der Waals surface area contributed by atoms with Crippen LogP contribution in [0.2, 0.25) is 0 Å². The summed E-state index contributed by atoms with van der Waals surface area (Å²) in [5.74, 6) is -0.247. The summed E-state index contributed by atoms with van der Waals surface area (Å²) in [6.07, 6.45) is 0.658. The molecule has 4 rings (SSSR count). The van der Waals surface area contributed by atoms with Gasteiger partial charge in [-0.3, -0.25) is 4.79 Å². The molecule has 25 heavy (non-hydrogen) atoms. The second-order valence-electron chi connectivity index (χ2n) is 6.72. The Kier molecular flexibility index (Phi) is 4.32. The van der Waals surface area contributed by atoms with Gasteiger partial charge in [-0.05, 0) is 24.0 Å². The highest BCUT2D eigenvalue weighted by Crippen LogP contribution is 2.56. The van der Waals surface area contributed by atoms with Crippen LogP contribution in [-0.4, -0.2) is 26.0 Å². The number of rotatable bonds is 3. The lowest BCUT2D eigenvalue weighted by atomic mass is 9.66. The molecule has 2 saturated heterocycles. The Hall–Kier alpha value is -2.17.